The molecular formula is C24H28ClN3OS. The first kappa shape index (κ1) is 21.3. The quantitative estimate of drug-likeness (QED) is 0.438. The number of halogens is 1. The van der Waals surface area contributed by atoms with Crippen LogP contribution < -0.4 is 4.72 Å². The lowest BCUT2D eigenvalue weighted by molar-refractivity contribution is 0.192. The zero-order valence-corrected chi connectivity index (χ0v) is 19.5. The summed E-state index contributed by atoms with van der Waals surface area (Å²) in [7, 11) is 0. The molecule has 1 unspecified atom stereocenters. The van der Waals surface area contributed by atoms with Gasteiger partial charge in [-0.1, -0.05) is 55.7 Å². The highest BCUT2D eigenvalue weighted by atomic mass is 35.5. The number of benzene rings is 2. The Balaban J connectivity index is 1.43. The maximum Gasteiger partial charge on any atom is 0.179 e. The molecule has 0 spiro atoms. The summed E-state index contributed by atoms with van der Waals surface area (Å²) in [5.41, 5.74) is 4.04. The average Bonchev–Trinajstić information content (AvgIpc) is 3.21. The molecule has 1 N–H and O–H groups in total. The monoisotopic (exact) mass is 441 g/mol. The zero-order valence-electron chi connectivity index (χ0n) is 17.9. The molecule has 0 fully saturated rings. The number of aromatic nitrogens is 1. The van der Waals surface area contributed by atoms with Gasteiger partial charge in [0.1, 0.15) is 5.76 Å². The van der Waals surface area contributed by atoms with Crippen molar-refractivity contribution in [2.45, 2.75) is 57.0 Å². The van der Waals surface area contributed by atoms with Crippen molar-refractivity contribution in [3.05, 3.63) is 76.0 Å². The Morgan fingerprint density at radius 3 is 2.70 bits per heavy atom. The predicted octanol–water partition coefficient (Wildman–Crippen LogP) is 6.86. The van der Waals surface area contributed by atoms with Crippen LogP contribution in [0.3, 0.4) is 0 Å². The van der Waals surface area contributed by atoms with Crippen LogP contribution in [0, 0.1) is 0 Å². The van der Waals surface area contributed by atoms with Gasteiger partial charge in [0.2, 0.25) is 0 Å². The number of fused-ring (bicyclic) bond motifs is 1. The molecule has 0 bridgehead atoms. The molecule has 1 aliphatic rings. The van der Waals surface area contributed by atoms with Crippen molar-refractivity contribution in [3.8, 4) is 0 Å². The van der Waals surface area contributed by atoms with Gasteiger partial charge in [-0.25, -0.2) is 0 Å². The standard InChI is InChI=1S/C24H28ClN3OS/c1-16(18-6-5-7-20(25)12-18)28-11-10-17-8-9-21(13-19(17)15-28)30-27-23-14-22(29-26-23)24(2,3)4/h5-9,12-14,16H,10-11,15H2,1-4H3,(H,26,27). The third-order valence-corrected chi connectivity index (χ3v) is 6.66. The number of nitrogens with one attached hydrogen (secondary N) is 1. The van der Waals surface area contributed by atoms with Crippen LogP contribution in [0.1, 0.15) is 56.2 Å². The molecule has 0 amide bonds. The van der Waals surface area contributed by atoms with E-state index in [0.29, 0.717) is 6.04 Å². The topological polar surface area (TPSA) is 41.3 Å². The molecule has 1 atom stereocenters. The molecule has 158 valence electrons. The third kappa shape index (κ3) is 4.85. The molecule has 4 rings (SSSR count). The van der Waals surface area contributed by atoms with Crippen molar-refractivity contribution >= 4 is 29.4 Å². The Kier molecular flexibility index (Phi) is 6.14. The van der Waals surface area contributed by atoms with Gasteiger partial charge in [-0.2, -0.15) is 0 Å². The van der Waals surface area contributed by atoms with Crippen molar-refractivity contribution in [1.29, 1.82) is 0 Å². The van der Waals surface area contributed by atoms with E-state index in [2.05, 4.69) is 72.8 Å². The number of rotatable bonds is 5. The van der Waals surface area contributed by atoms with E-state index in [1.165, 1.54) is 21.6 Å². The molecule has 0 radical (unpaired) electrons. The Labute approximate surface area is 188 Å². The van der Waals surface area contributed by atoms with Crippen LogP contribution in [0.2, 0.25) is 5.02 Å². The van der Waals surface area contributed by atoms with Crippen LogP contribution in [-0.2, 0) is 18.4 Å². The Bertz CT molecular complexity index is 1030. The predicted molar refractivity (Wildman–Crippen MR) is 125 cm³/mol. The SMILES string of the molecule is CC(c1cccc(Cl)c1)N1CCc2ccc(SNc3cc(C(C)(C)C)on3)cc2C1. The third-order valence-electron chi connectivity index (χ3n) is 5.62. The first-order chi connectivity index (χ1) is 14.3. The van der Waals surface area contributed by atoms with E-state index >= 15 is 0 Å². The lowest BCUT2D eigenvalue weighted by atomic mass is 9.93. The minimum absolute atomic E-state index is 0.0491. The van der Waals surface area contributed by atoms with Crippen molar-refractivity contribution in [1.82, 2.24) is 10.1 Å². The summed E-state index contributed by atoms with van der Waals surface area (Å²) in [6, 6.07) is 17.2. The molecule has 2 aromatic carbocycles. The number of hydrogen-bond acceptors (Lipinski definition) is 5. The van der Waals surface area contributed by atoms with Crippen LogP contribution in [-0.4, -0.2) is 16.6 Å². The summed E-state index contributed by atoms with van der Waals surface area (Å²) >= 11 is 7.77. The van der Waals surface area contributed by atoms with Gasteiger partial charge in [-0.15, -0.1) is 0 Å². The van der Waals surface area contributed by atoms with Crippen molar-refractivity contribution in [2.24, 2.45) is 0 Å². The van der Waals surface area contributed by atoms with Crippen molar-refractivity contribution in [3.63, 3.8) is 0 Å². The smallest absolute Gasteiger partial charge is 0.179 e. The van der Waals surface area contributed by atoms with Crippen LogP contribution in [0.15, 0.2) is 57.9 Å². The summed E-state index contributed by atoms with van der Waals surface area (Å²) < 4.78 is 8.77. The van der Waals surface area contributed by atoms with Gasteiger partial charge in [0.15, 0.2) is 5.82 Å². The fraction of sp³-hybridized carbons (Fsp3) is 0.375. The van der Waals surface area contributed by atoms with Crippen molar-refractivity contribution < 1.29 is 4.52 Å². The lowest BCUT2D eigenvalue weighted by Gasteiger charge is -2.34. The molecular weight excluding hydrogens is 414 g/mol. The summed E-state index contributed by atoms with van der Waals surface area (Å²) in [6.45, 7) is 10.6. The summed E-state index contributed by atoms with van der Waals surface area (Å²) in [4.78, 5) is 3.69. The van der Waals surface area contributed by atoms with Gasteiger partial charge in [0.25, 0.3) is 0 Å². The summed E-state index contributed by atoms with van der Waals surface area (Å²) in [6.07, 6.45) is 1.07. The molecule has 0 saturated heterocycles. The molecule has 30 heavy (non-hydrogen) atoms. The van der Waals surface area contributed by atoms with Crippen LogP contribution >= 0.6 is 23.5 Å². The minimum Gasteiger partial charge on any atom is -0.359 e. The molecule has 0 saturated carbocycles. The second-order valence-electron chi connectivity index (χ2n) is 8.91. The molecule has 2 heterocycles. The first-order valence-electron chi connectivity index (χ1n) is 10.3. The Morgan fingerprint density at radius 2 is 1.97 bits per heavy atom. The number of nitrogens with zero attached hydrogens (tertiary/aromatic N) is 2. The first-order valence-corrected chi connectivity index (χ1v) is 11.5. The van der Waals surface area contributed by atoms with Gasteiger partial charge in [-0.3, -0.25) is 4.90 Å². The molecule has 6 heteroatoms. The summed E-state index contributed by atoms with van der Waals surface area (Å²) in [5, 5.41) is 4.93. The maximum absolute atomic E-state index is 6.20. The summed E-state index contributed by atoms with van der Waals surface area (Å²) in [5.74, 6) is 1.63. The fourth-order valence-electron chi connectivity index (χ4n) is 3.71. The molecule has 1 aliphatic heterocycles. The van der Waals surface area contributed by atoms with E-state index in [1.54, 1.807) is 11.9 Å². The normalized spacial score (nSPS) is 15.6. The zero-order chi connectivity index (χ0) is 21.3. The van der Waals surface area contributed by atoms with E-state index in [0.717, 1.165) is 36.1 Å². The van der Waals surface area contributed by atoms with Gasteiger partial charge < -0.3 is 9.25 Å². The van der Waals surface area contributed by atoms with Gasteiger partial charge in [0, 0.05) is 40.5 Å². The van der Waals surface area contributed by atoms with E-state index < -0.39 is 0 Å². The van der Waals surface area contributed by atoms with Crippen LogP contribution in [0.4, 0.5) is 5.82 Å². The molecule has 1 aromatic heterocycles. The van der Waals surface area contributed by atoms with E-state index in [1.807, 2.05) is 18.2 Å². The van der Waals surface area contributed by atoms with Gasteiger partial charge in [-0.05, 0) is 66.2 Å². The van der Waals surface area contributed by atoms with E-state index in [-0.39, 0.29) is 5.41 Å². The fourth-order valence-corrected chi connectivity index (χ4v) is 4.57. The second kappa shape index (κ2) is 8.66. The second-order valence-corrected chi connectivity index (χ2v) is 10.2. The van der Waals surface area contributed by atoms with Gasteiger partial charge in [0.05, 0.1) is 0 Å². The highest BCUT2D eigenvalue weighted by Crippen LogP contribution is 2.32. The van der Waals surface area contributed by atoms with E-state index in [9.17, 15) is 0 Å². The van der Waals surface area contributed by atoms with Crippen LogP contribution in [0.25, 0.3) is 0 Å². The highest BCUT2D eigenvalue weighted by Gasteiger charge is 2.23. The number of anilines is 1. The minimum atomic E-state index is -0.0491. The Hall–Kier alpha value is -1.95. The average molecular weight is 442 g/mol. The lowest BCUT2D eigenvalue weighted by Crippen LogP contribution is -2.32. The molecule has 3 aromatic rings. The molecule has 4 nitrogen and oxygen atoms in total. The van der Waals surface area contributed by atoms with Crippen LogP contribution in [0.5, 0.6) is 0 Å². The highest BCUT2D eigenvalue weighted by molar-refractivity contribution is 8.00. The largest absolute Gasteiger partial charge is 0.359 e. The maximum atomic E-state index is 6.20. The number of hydrogen-bond donors (Lipinski definition) is 1. The van der Waals surface area contributed by atoms with Gasteiger partial charge >= 0.3 is 0 Å². The molecule has 0 aliphatic carbocycles. The van der Waals surface area contributed by atoms with E-state index in [4.69, 9.17) is 16.1 Å². The van der Waals surface area contributed by atoms with Crippen molar-refractivity contribution in [2.75, 3.05) is 11.3 Å². The Morgan fingerprint density at radius 1 is 1.13 bits per heavy atom.